The number of fused-ring (bicyclic) bond motifs is 7. The molecular formula is C54H33N3. The topological polar surface area (TPSA) is 38.7 Å². The second-order valence-corrected chi connectivity index (χ2v) is 15.1. The summed E-state index contributed by atoms with van der Waals surface area (Å²) < 4.78 is 0. The third-order valence-electron chi connectivity index (χ3n) is 12.1. The summed E-state index contributed by atoms with van der Waals surface area (Å²) in [4.78, 5) is 14.9. The molecule has 0 amide bonds. The van der Waals surface area contributed by atoms with Crippen LogP contribution in [0.3, 0.4) is 0 Å². The Kier molecular flexibility index (Phi) is 6.84. The Morgan fingerprint density at radius 3 is 1.33 bits per heavy atom. The fourth-order valence-corrected chi connectivity index (χ4v) is 9.72. The molecule has 0 saturated heterocycles. The van der Waals surface area contributed by atoms with E-state index in [4.69, 9.17) is 15.0 Å². The Morgan fingerprint density at radius 1 is 0.281 bits per heavy atom. The predicted octanol–water partition coefficient (Wildman–Crippen LogP) is 13.2. The van der Waals surface area contributed by atoms with Crippen molar-refractivity contribution in [1.82, 2.24) is 15.0 Å². The molecule has 1 spiro atoms. The molecule has 57 heavy (non-hydrogen) atoms. The highest BCUT2D eigenvalue weighted by molar-refractivity contribution is 6.17. The van der Waals surface area contributed by atoms with Crippen molar-refractivity contribution in [2.45, 2.75) is 5.41 Å². The highest BCUT2D eigenvalue weighted by Gasteiger charge is 2.51. The smallest absolute Gasteiger partial charge is 0.164 e. The molecule has 2 aliphatic rings. The van der Waals surface area contributed by atoms with E-state index in [0.29, 0.717) is 17.5 Å². The lowest BCUT2D eigenvalue weighted by Gasteiger charge is -2.31. The molecule has 0 radical (unpaired) electrons. The Hall–Kier alpha value is -7.49. The third-order valence-corrected chi connectivity index (χ3v) is 12.1. The maximum absolute atomic E-state index is 5.02. The molecule has 1 heterocycles. The minimum atomic E-state index is -0.391. The molecule has 3 nitrogen and oxygen atoms in total. The zero-order valence-corrected chi connectivity index (χ0v) is 30.9. The maximum Gasteiger partial charge on any atom is 0.164 e. The van der Waals surface area contributed by atoms with Crippen molar-refractivity contribution in [2.75, 3.05) is 0 Å². The molecule has 1 aromatic heterocycles. The number of benzene rings is 9. The summed E-state index contributed by atoms with van der Waals surface area (Å²) in [6.45, 7) is 0. The van der Waals surface area contributed by atoms with Gasteiger partial charge in [0.1, 0.15) is 0 Å². The van der Waals surface area contributed by atoms with E-state index in [9.17, 15) is 0 Å². The van der Waals surface area contributed by atoms with Gasteiger partial charge in [0, 0.05) is 16.7 Å². The van der Waals surface area contributed by atoms with Crippen LogP contribution in [0.4, 0.5) is 0 Å². The van der Waals surface area contributed by atoms with E-state index in [1.807, 2.05) is 60.7 Å². The second kappa shape index (κ2) is 12.3. The van der Waals surface area contributed by atoms with Gasteiger partial charge in [0.15, 0.2) is 17.5 Å². The molecule has 0 aliphatic heterocycles. The molecule has 0 bridgehead atoms. The molecule has 10 aromatic rings. The lowest BCUT2D eigenvalue weighted by molar-refractivity contribution is 0.797. The lowest BCUT2D eigenvalue weighted by Crippen LogP contribution is -2.26. The van der Waals surface area contributed by atoms with E-state index in [0.717, 1.165) is 27.8 Å². The first-order chi connectivity index (χ1) is 28.3. The fourth-order valence-electron chi connectivity index (χ4n) is 9.72. The maximum atomic E-state index is 5.02. The largest absolute Gasteiger partial charge is 0.208 e. The summed E-state index contributed by atoms with van der Waals surface area (Å²) in [5, 5.41) is 5.35. The zero-order valence-electron chi connectivity index (χ0n) is 30.9. The first kappa shape index (κ1) is 31.8. The van der Waals surface area contributed by atoms with Gasteiger partial charge in [-0.25, -0.2) is 15.0 Å². The molecule has 0 saturated carbocycles. The van der Waals surface area contributed by atoms with Gasteiger partial charge < -0.3 is 0 Å². The van der Waals surface area contributed by atoms with Gasteiger partial charge in [0.05, 0.1) is 5.41 Å². The Labute approximate surface area is 330 Å². The lowest BCUT2D eigenvalue weighted by atomic mass is 9.70. The summed E-state index contributed by atoms with van der Waals surface area (Å²) in [5.41, 5.74) is 15.2. The van der Waals surface area contributed by atoms with Gasteiger partial charge in [0.2, 0.25) is 0 Å². The van der Waals surface area contributed by atoms with Crippen molar-refractivity contribution < 1.29 is 0 Å². The number of nitrogens with zero attached hydrogens (tertiary/aromatic N) is 3. The van der Waals surface area contributed by atoms with Crippen LogP contribution in [0.15, 0.2) is 200 Å². The first-order valence-electron chi connectivity index (χ1n) is 19.5. The monoisotopic (exact) mass is 723 g/mol. The summed E-state index contributed by atoms with van der Waals surface area (Å²) in [7, 11) is 0. The highest BCUT2D eigenvalue weighted by atomic mass is 15.0. The van der Waals surface area contributed by atoms with Gasteiger partial charge in [-0.3, -0.25) is 0 Å². The second-order valence-electron chi connectivity index (χ2n) is 15.1. The van der Waals surface area contributed by atoms with Crippen molar-refractivity contribution in [1.29, 1.82) is 0 Å². The van der Waals surface area contributed by atoms with Crippen molar-refractivity contribution in [3.8, 4) is 67.5 Å². The van der Waals surface area contributed by atoms with E-state index < -0.39 is 5.41 Å². The highest BCUT2D eigenvalue weighted by Crippen LogP contribution is 2.63. The van der Waals surface area contributed by atoms with Gasteiger partial charge in [-0.2, -0.15) is 0 Å². The summed E-state index contributed by atoms with van der Waals surface area (Å²) >= 11 is 0. The predicted molar refractivity (Wildman–Crippen MR) is 233 cm³/mol. The van der Waals surface area contributed by atoms with Crippen molar-refractivity contribution in [3.05, 3.63) is 222 Å². The van der Waals surface area contributed by atoms with Crippen LogP contribution in [0.1, 0.15) is 22.3 Å². The first-order valence-corrected chi connectivity index (χ1v) is 19.5. The van der Waals surface area contributed by atoms with Gasteiger partial charge >= 0.3 is 0 Å². The molecular weight excluding hydrogens is 691 g/mol. The van der Waals surface area contributed by atoms with Crippen LogP contribution in [-0.2, 0) is 5.41 Å². The number of hydrogen-bond donors (Lipinski definition) is 0. The normalized spacial score (nSPS) is 13.1. The van der Waals surface area contributed by atoms with Crippen LogP contribution < -0.4 is 0 Å². The van der Waals surface area contributed by atoms with E-state index in [1.165, 1.54) is 66.1 Å². The Morgan fingerprint density at radius 2 is 0.702 bits per heavy atom. The van der Waals surface area contributed by atoms with Crippen LogP contribution in [-0.4, -0.2) is 15.0 Å². The molecule has 264 valence electrons. The molecule has 0 N–H and O–H groups in total. The van der Waals surface area contributed by atoms with Crippen LogP contribution in [0, 0.1) is 0 Å². The average molecular weight is 724 g/mol. The van der Waals surface area contributed by atoms with Gasteiger partial charge in [-0.15, -0.1) is 0 Å². The Bertz CT molecular complexity index is 3120. The van der Waals surface area contributed by atoms with E-state index in [-0.39, 0.29) is 0 Å². The van der Waals surface area contributed by atoms with Crippen molar-refractivity contribution in [2.24, 2.45) is 0 Å². The molecule has 0 unspecified atom stereocenters. The molecule has 9 aromatic carbocycles. The standard InChI is InChI=1S/C54H33N3/c1-3-14-36(15-4-1)51-55-52(37-16-5-2-6-17-37)57-53(56-51)41-23-10-21-39(33-41)38-20-9-22-40(32-38)42-25-13-29-47-50(42)43-24-7-8-26-44(43)54(47)45-27-11-18-34-30-31-35-19-12-28-46(54)49(35)48(34)45/h1-33H. The number of aromatic nitrogens is 3. The van der Waals surface area contributed by atoms with Crippen LogP contribution >= 0.6 is 0 Å². The third kappa shape index (κ3) is 4.63. The van der Waals surface area contributed by atoms with Crippen molar-refractivity contribution in [3.63, 3.8) is 0 Å². The molecule has 0 atom stereocenters. The zero-order chi connectivity index (χ0) is 37.5. The van der Waals surface area contributed by atoms with E-state index in [2.05, 4.69) is 140 Å². The summed E-state index contributed by atoms with van der Waals surface area (Å²) in [6, 6.07) is 72.1. The van der Waals surface area contributed by atoms with Crippen LogP contribution in [0.2, 0.25) is 0 Å². The van der Waals surface area contributed by atoms with Gasteiger partial charge in [-0.1, -0.05) is 188 Å². The fraction of sp³-hybridized carbons (Fsp3) is 0.0185. The van der Waals surface area contributed by atoms with Gasteiger partial charge in [0.25, 0.3) is 0 Å². The molecule has 12 rings (SSSR count). The Balaban J connectivity index is 1.01. The van der Waals surface area contributed by atoms with Gasteiger partial charge in [-0.05, 0) is 89.3 Å². The number of rotatable bonds is 5. The van der Waals surface area contributed by atoms with Crippen LogP contribution in [0.25, 0.3) is 89.1 Å². The summed E-state index contributed by atoms with van der Waals surface area (Å²) in [6.07, 6.45) is 0. The average Bonchev–Trinajstić information content (AvgIpc) is 3.77. The van der Waals surface area contributed by atoms with Crippen molar-refractivity contribution >= 4 is 21.5 Å². The van der Waals surface area contributed by atoms with Crippen LogP contribution in [0.5, 0.6) is 0 Å². The molecule has 0 fully saturated rings. The minimum absolute atomic E-state index is 0.391. The SMILES string of the molecule is c1ccc(-c2nc(-c3ccccc3)nc(-c3cccc(-c4cccc(-c5cccc6c5-c5ccccc5C65c6cccc7ccc8cccc5c8c67)c4)c3)n2)cc1. The molecule has 2 aliphatic carbocycles. The quantitative estimate of drug-likeness (QED) is 0.166. The summed E-state index contributed by atoms with van der Waals surface area (Å²) in [5.74, 6) is 1.95. The number of hydrogen-bond acceptors (Lipinski definition) is 3. The minimum Gasteiger partial charge on any atom is -0.208 e. The van der Waals surface area contributed by atoms with E-state index in [1.54, 1.807) is 0 Å². The molecule has 3 heteroatoms. The van der Waals surface area contributed by atoms with E-state index >= 15 is 0 Å².